The summed E-state index contributed by atoms with van der Waals surface area (Å²) in [5.74, 6) is 0. The molecule has 2 atom stereocenters. The Morgan fingerprint density at radius 1 is 0.808 bits per heavy atom. The van der Waals surface area contributed by atoms with Gasteiger partial charge in [0.2, 0.25) is 0 Å². The van der Waals surface area contributed by atoms with E-state index in [1.165, 1.54) is 0 Å². The second-order valence-electron chi connectivity index (χ2n) is 7.43. The first-order chi connectivity index (χ1) is 11.8. The van der Waals surface area contributed by atoms with Crippen molar-refractivity contribution in [3.8, 4) is 0 Å². The maximum absolute atomic E-state index is 12.1. The molecule has 0 aromatic rings. The third kappa shape index (κ3) is 9.91. The van der Waals surface area contributed by atoms with Crippen LogP contribution in [0.5, 0.6) is 0 Å². The van der Waals surface area contributed by atoms with E-state index in [-0.39, 0.29) is 0 Å². The van der Waals surface area contributed by atoms with E-state index >= 15 is 0 Å². The second-order valence-corrected chi connectivity index (χ2v) is 7.43. The van der Waals surface area contributed by atoms with E-state index in [4.69, 9.17) is 29.0 Å². The van der Waals surface area contributed by atoms with Crippen LogP contribution in [0.25, 0.3) is 0 Å². The zero-order valence-electron chi connectivity index (χ0n) is 17.3. The van der Waals surface area contributed by atoms with Gasteiger partial charge in [0.25, 0.3) is 12.6 Å². The molecular weight excluding hydrogens is 340 g/mol. The Labute approximate surface area is 157 Å². The van der Waals surface area contributed by atoms with Gasteiger partial charge in [0.05, 0.1) is 11.2 Å². The van der Waals surface area contributed by atoms with E-state index in [1.54, 1.807) is 13.8 Å². The van der Waals surface area contributed by atoms with Crippen LogP contribution >= 0.6 is 0 Å². The first kappa shape index (κ1) is 24.6. The van der Waals surface area contributed by atoms with Crippen molar-refractivity contribution in [3.63, 3.8) is 0 Å². The molecular formula is C19H34O7. The lowest BCUT2D eigenvalue weighted by Gasteiger charge is -2.27. The smallest absolute Gasteiger partial charge is 0.397 e. The Balaban J connectivity index is 4.75. The molecule has 0 aliphatic heterocycles. The highest BCUT2D eigenvalue weighted by molar-refractivity contribution is 5.60. The van der Waals surface area contributed by atoms with E-state index in [0.29, 0.717) is 24.0 Å². The van der Waals surface area contributed by atoms with Crippen LogP contribution in [-0.2, 0) is 29.0 Å². The molecule has 0 saturated carbocycles. The third-order valence-electron chi connectivity index (χ3n) is 3.64. The average Bonchev–Trinajstić information content (AvgIpc) is 2.54. The van der Waals surface area contributed by atoms with Crippen molar-refractivity contribution in [1.82, 2.24) is 0 Å². The molecule has 7 heteroatoms. The molecule has 0 N–H and O–H groups in total. The van der Waals surface area contributed by atoms with Crippen LogP contribution < -0.4 is 0 Å². The molecule has 0 amide bonds. The van der Waals surface area contributed by atoms with Crippen LogP contribution in [0, 0.1) is 0 Å². The lowest BCUT2D eigenvalue weighted by molar-refractivity contribution is -0.414. The van der Waals surface area contributed by atoms with Crippen molar-refractivity contribution in [1.29, 1.82) is 0 Å². The maximum atomic E-state index is 12.1. The summed E-state index contributed by atoms with van der Waals surface area (Å²) in [6.45, 7) is 22.0. The summed E-state index contributed by atoms with van der Waals surface area (Å²) >= 11 is 0. The average molecular weight is 374 g/mol. The van der Waals surface area contributed by atoms with Gasteiger partial charge < -0.3 is 9.47 Å². The van der Waals surface area contributed by atoms with Gasteiger partial charge >= 0.3 is 6.16 Å². The van der Waals surface area contributed by atoms with E-state index < -0.39 is 29.9 Å². The predicted molar refractivity (Wildman–Crippen MR) is 97.9 cm³/mol. The summed E-state index contributed by atoms with van der Waals surface area (Å²) in [5, 5.41) is 0. The molecule has 152 valence electrons. The number of ether oxygens (including phenoxy) is 2. The van der Waals surface area contributed by atoms with Gasteiger partial charge in [-0.2, -0.15) is 9.78 Å². The molecule has 0 aliphatic rings. The predicted octanol–water partition coefficient (Wildman–Crippen LogP) is 5.22. The summed E-state index contributed by atoms with van der Waals surface area (Å²) in [6.07, 6.45) is -1.85. The van der Waals surface area contributed by atoms with Crippen LogP contribution in [0.3, 0.4) is 0 Å². The third-order valence-corrected chi connectivity index (χ3v) is 3.64. The minimum atomic E-state index is -1.12. The van der Waals surface area contributed by atoms with E-state index in [0.717, 1.165) is 0 Å². The number of carbonyl (C=O) groups excluding carboxylic acids is 1. The molecule has 0 aromatic carbocycles. The van der Waals surface area contributed by atoms with Crippen molar-refractivity contribution < 1.29 is 33.8 Å². The summed E-state index contributed by atoms with van der Waals surface area (Å²) in [5.41, 5.74) is -0.205. The molecule has 2 unspecified atom stereocenters. The SMILES string of the molecule is C=C(C)C(OOC(C)(C)CC)OC(=O)OC(OOC(C)(C)CC)C(=C)C. The van der Waals surface area contributed by atoms with Crippen LogP contribution in [0.2, 0.25) is 0 Å². The van der Waals surface area contributed by atoms with Gasteiger partial charge in [0.15, 0.2) is 0 Å². The lowest BCUT2D eigenvalue weighted by Crippen LogP contribution is -2.33. The van der Waals surface area contributed by atoms with Gasteiger partial charge in [0.1, 0.15) is 0 Å². The Bertz CT molecular complexity index is 440. The molecule has 0 fully saturated rings. The van der Waals surface area contributed by atoms with Gasteiger partial charge in [-0.05, 0) is 65.5 Å². The Morgan fingerprint density at radius 2 is 1.12 bits per heavy atom. The molecule has 0 aliphatic carbocycles. The molecule has 0 saturated heterocycles. The van der Waals surface area contributed by atoms with Crippen molar-refractivity contribution in [3.05, 3.63) is 24.3 Å². The van der Waals surface area contributed by atoms with Gasteiger partial charge in [-0.15, -0.1) is 0 Å². The molecule has 26 heavy (non-hydrogen) atoms. The Morgan fingerprint density at radius 3 is 1.35 bits per heavy atom. The van der Waals surface area contributed by atoms with Crippen molar-refractivity contribution in [2.24, 2.45) is 0 Å². The summed E-state index contributed by atoms with van der Waals surface area (Å²) in [7, 11) is 0. The molecule has 0 spiro atoms. The molecule has 0 aromatic heterocycles. The fraction of sp³-hybridized carbons (Fsp3) is 0.737. The second kappa shape index (κ2) is 10.7. The molecule has 0 radical (unpaired) electrons. The van der Waals surface area contributed by atoms with Crippen LogP contribution in [0.15, 0.2) is 24.3 Å². The van der Waals surface area contributed by atoms with Gasteiger partial charge in [0, 0.05) is 0 Å². The van der Waals surface area contributed by atoms with Gasteiger partial charge in [-0.25, -0.2) is 14.6 Å². The fourth-order valence-corrected chi connectivity index (χ4v) is 1.07. The minimum absolute atomic E-state index is 0.435. The number of rotatable bonds is 12. The molecule has 7 nitrogen and oxygen atoms in total. The summed E-state index contributed by atoms with van der Waals surface area (Å²) < 4.78 is 10.2. The van der Waals surface area contributed by atoms with Gasteiger partial charge in [-0.1, -0.05) is 27.0 Å². The highest BCUT2D eigenvalue weighted by Crippen LogP contribution is 2.20. The van der Waals surface area contributed by atoms with Gasteiger partial charge in [-0.3, -0.25) is 0 Å². The zero-order valence-corrected chi connectivity index (χ0v) is 17.3. The van der Waals surface area contributed by atoms with E-state index in [1.807, 2.05) is 41.5 Å². The number of hydrogen-bond donors (Lipinski definition) is 0. The topological polar surface area (TPSA) is 72.5 Å². The summed E-state index contributed by atoms with van der Waals surface area (Å²) in [4.78, 5) is 33.0. The zero-order chi connectivity index (χ0) is 20.5. The van der Waals surface area contributed by atoms with E-state index in [2.05, 4.69) is 13.2 Å². The van der Waals surface area contributed by atoms with Crippen LogP contribution in [0.4, 0.5) is 4.79 Å². The molecule has 0 heterocycles. The highest BCUT2D eigenvalue weighted by atomic mass is 17.2. The number of carbonyl (C=O) groups is 1. The maximum Gasteiger partial charge on any atom is 0.513 e. The standard InChI is InChI=1S/C19H34O7/c1-11-18(7,8)25-23-15(13(3)4)21-17(20)22-16(14(5)6)24-26-19(9,10)12-2/h15-16H,3,5,11-12H2,1-2,4,6-10H3. The van der Waals surface area contributed by atoms with Crippen molar-refractivity contribution in [2.75, 3.05) is 0 Å². The van der Waals surface area contributed by atoms with Crippen LogP contribution in [-0.4, -0.2) is 29.9 Å². The molecule has 0 rings (SSSR count). The molecule has 0 bridgehead atoms. The van der Waals surface area contributed by atoms with Crippen molar-refractivity contribution >= 4 is 6.16 Å². The normalized spacial score (nSPS) is 14.5. The first-order valence-electron chi connectivity index (χ1n) is 8.70. The van der Waals surface area contributed by atoms with E-state index in [9.17, 15) is 4.79 Å². The Kier molecular flexibility index (Phi) is 10.1. The highest BCUT2D eigenvalue weighted by Gasteiger charge is 2.27. The minimum Gasteiger partial charge on any atom is -0.397 e. The quantitative estimate of drug-likeness (QED) is 0.152. The monoisotopic (exact) mass is 374 g/mol. The van der Waals surface area contributed by atoms with Crippen LogP contribution in [0.1, 0.15) is 68.2 Å². The largest absolute Gasteiger partial charge is 0.513 e. The Hall–Kier alpha value is -1.41. The lowest BCUT2D eigenvalue weighted by atomic mass is 10.1. The fourth-order valence-electron chi connectivity index (χ4n) is 1.07. The van der Waals surface area contributed by atoms with Crippen molar-refractivity contribution in [2.45, 2.75) is 92.0 Å². The summed E-state index contributed by atoms with van der Waals surface area (Å²) in [6, 6.07) is 0. The number of hydrogen-bond acceptors (Lipinski definition) is 7. The first-order valence-corrected chi connectivity index (χ1v) is 8.70.